The van der Waals surface area contributed by atoms with E-state index in [9.17, 15) is 13.2 Å². The predicted molar refractivity (Wildman–Crippen MR) is 74.1 cm³/mol. The van der Waals surface area contributed by atoms with E-state index in [1.807, 2.05) is 6.92 Å². The lowest BCUT2D eigenvalue weighted by atomic mass is 10.1. The average molecular weight is 310 g/mol. The van der Waals surface area contributed by atoms with Crippen molar-refractivity contribution in [2.75, 3.05) is 37.7 Å². The van der Waals surface area contributed by atoms with Gasteiger partial charge in [-0.1, -0.05) is 6.92 Å². The van der Waals surface area contributed by atoms with Gasteiger partial charge in [0.1, 0.15) is 0 Å². The summed E-state index contributed by atoms with van der Waals surface area (Å²) in [5, 5.41) is 5.39. The summed E-state index contributed by atoms with van der Waals surface area (Å²) in [4.78, 5) is 14.0. The molecular weight excluding hydrogens is 290 g/mol. The van der Waals surface area contributed by atoms with Crippen LogP contribution in [0.2, 0.25) is 0 Å². The van der Waals surface area contributed by atoms with Crippen LogP contribution in [-0.2, 0) is 14.6 Å². The van der Waals surface area contributed by atoms with Gasteiger partial charge in [0.05, 0.1) is 29.5 Å². The first-order valence-corrected chi connectivity index (χ1v) is 8.75. The van der Waals surface area contributed by atoms with Crippen LogP contribution < -0.4 is 10.6 Å². The van der Waals surface area contributed by atoms with E-state index in [0.29, 0.717) is 12.6 Å². The lowest BCUT2D eigenvalue weighted by molar-refractivity contribution is -0.123. The largest absolute Gasteiger partial charge is 0.350 e. The van der Waals surface area contributed by atoms with Crippen molar-refractivity contribution < 1.29 is 13.2 Å². The van der Waals surface area contributed by atoms with Crippen molar-refractivity contribution >= 4 is 27.3 Å². The zero-order valence-corrected chi connectivity index (χ0v) is 12.5. The first kappa shape index (κ1) is 15.0. The predicted octanol–water partition coefficient (Wildman–Crippen LogP) is -1.20. The molecule has 0 bridgehead atoms. The Hall–Kier alpha value is -0.370. The first-order chi connectivity index (χ1) is 8.91. The molecule has 0 spiro atoms. The topological polar surface area (TPSA) is 78.5 Å². The van der Waals surface area contributed by atoms with E-state index >= 15 is 0 Å². The van der Waals surface area contributed by atoms with E-state index in [4.69, 9.17) is 11.6 Å². The Kier molecular flexibility index (Phi) is 4.70. The van der Waals surface area contributed by atoms with Gasteiger partial charge in [0.2, 0.25) is 5.91 Å². The van der Waals surface area contributed by atoms with Gasteiger partial charge in [-0.3, -0.25) is 9.69 Å². The summed E-state index contributed by atoms with van der Waals surface area (Å²) in [6.07, 6.45) is 0. The number of amides is 1. The van der Waals surface area contributed by atoms with Crippen LogP contribution in [0.1, 0.15) is 6.92 Å². The van der Waals surface area contributed by atoms with Gasteiger partial charge in [0.15, 0.2) is 9.84 Å². The molecule has 2 heterocycles. The molecule has 0 aliphatic carbocycles. The van der Waals surface area contributed by atoms with Crippen LogP contribution >= 0.6 is 11.6 Å². The molecule has 6 nitrogen and oxygen atoms in total. The molecule has 0 saturated carbocycles. The Labute approximate surface area is 118 Å². The first-order valence-electron chi connectivity index (χ1n) is 6.50. The summed E-state index contributed by atoms with van der Waals surface area (Å²) in [6.45, 7) is 4.90. The van der Waals surface area contributed by atoms with Crippen LogP contribution in [0.15, 0.2) is 0 Å². The fourth-order valence-electron chi connectivity index (χ4n) is 2.40. The highest BCUT2D eigenvalue weighted by Gasteiger charge is 2.37. The second-order valence-electron chi connectivity index (χ2n) is 5.14. The maximum atomic E-state index is 11.9. The van der Waals surface area contributed by atoms with Crippen LogP contribution in [0.5, 0.6) is 0 Å². The molecule has 0 aromatic carbocycles. The molecule has 1 amide bonds. The molecule has 110 valence electrons. The minimum atomic E-state index is -3.10. The summed E-state index contributed by atoms with van der Waals surface area (Å²) in [7, 11) is -3.10. The number of rotatable bonds is 5. The quantitative estimate of drug-likeness (QED) is 0.624. The molecule has 2 aliphatic heterocycles. The molecule has 2 N–H and O–H groups in total. The highest BCUT2D eigenvalue weighted by atomic mass is 35.5. The monoisotopic (exact) mass is 309 g/mol. The Balaban J connectivity index is 1.83. The number of hydrogen-bond acceptors (Lipinski definition) is 5. The second-order valence-corrected chi connectivity index (χ2v) is 7.86. The summed E-state index contributed by atoms with van der Waals surface area (Å²) in [5.41, 5.74) is 0. The lowest BCUT2D eigenvalue weighted by Crippen LogP contribution is -2.59. The SMILES string of the molecule is CCN(CC(=O)NC1CS(=O)(=O)CC1Cl)C1CNC1. The second kappa shape index (κ2) is 5.95. The number of alkyl halides is 1. The van der Waals surface area contributed by atoms with Crippen LogP contribution in [0.4, 0.5) is 0 Å². The average Bonchev–Trinajstić information content (AvgIpc) is 2.48. The molecule has 0 radical (unpaired) electrons. The molecule has 2 fully saturated rings. The zero-order valence-electron chi connectivity index (χ0n) is 10.9. The maximum Gasteiger partial charge on any atom is 0.234 e. The van der Waals surface area contributed by atoms with Crippen molar-refractivity contribution in [3.63, 3.8) is 0 Å². The van der Waals surface area contributed by atoms with Crippen molar-refractivity contribution in [1.82, 2.24) is 15.5 Å². The zero-order chi connectivity index (χ0) is 14.0. The number of nitrogens with one attached hydrogen (secondary N) is 2. The fourth-order valence-corrected chi connectivity index (χ4v) is 4.95. The van der Waals surface area contributed by atoms with Crippen LogP contribution in [-0.4, -0.2) is 74.4 Å². The molecule has 2 unspecified atom stereocenters. The molecule has 8 heteroatoms. The van der Waals surface area contributed by atoms with E-state index in [-0.39, 0.29) is 17.4 Å². The van der Waals surface area contributed by atoms with E-state index in [1.54, 1.807) is 0 Å². The highest BCUT2D eigenvalue weighted by Crippen LogP contribution is 2.18. The number of carbonyl (C=O) groups is 1. The van der Waals surface area contributed by atoms with Crippen molar-refractivity contribution in [3.8, 4) is 0 Å². The Morgan fingerprint density at radius 3 is 2.53 bits per heavy atom. The van der Waals surface area contributed by atoms with Crippen LogP contribution in [0.3, 0.4) is 0 Å². The number of likely N-dealkylation sites (N-methyl/N-ethyl adjacent to an activating group) is 1. The molecule has 0 aromatic rings. The number of halogens is 1. The van der Waals surface area contributed by atoms with E-state index in [2.05, 4.69) is 15.5 Å². The van der Waals surface area contributed by atoms with Crippen LogP contribution in [0, 0.1) is 0 Å². The Morgan fingerprint density at radius 1 is 1.42 bits per heavy atom. The number of carbonyl (C=O) groups excluding carboxylic acids is 1. The van der Waals surface area contributed by atoms with Gasteiger partial charge >= 0.3 is 0 Å². The molecule has 2 rings (SSSR count). The summed E-state index contributed by atoms with van der Waals surface area (Å²) < 4.78 is 22.8. The van der Waals surface area contributed by atoms with Crippen LogP contribution in [0.25, 0.3) is 0 Å². The molecule has 2 saturated heterocycles. The third kappa shape index (κ3) is 3.81. The van der Waals surface area contributed by atoms with Crippen molar-refractivity contribution in [3.05, 3.63) is 0 Å². The minimum Gasteiger partial charge on any atom is -0.350 e. The van der Waals surface area contributed by atoms with Gasteiger partial charge in [-0.25, -0.2) is 8.42 Å². The van der Waals surface area contributed by atoms with Gasteiger partial charge in [0, 0.05) is 19.1 Å². The van der Waals surface area contributed by atoms with E-state index < -0.39 is 21.3 Å². The Morgan fingerprint density at radius 2 is 2.11 bits per heavy atom. The number of sulfone groups is 1. The third-order valence-corrected chi connectivity index (χ3v) is 6.03. The maximum absolute atomic E-state index is 11.9. The molecule has 2 atom stereocenters. The van der Waals surface area contributed by atoms with E-state index in [0.717, 1.165) is 19.6 Å². The smallest absolute Gasteiger partial charge is 0.234 e. The molecule has 0 aromatic heterocycles. The van der Waals surface area contributed by atoms with Crippen molar-refractivity contribution in [1.29, 1.82) is 0 Å². The molecule has 19 heavy (non-hydrogen) atoms. The third-order valence-electron chi connectivity index (χ3n) is 3.66. The van der Waals surface area contributed by atoms with E-state index in [1.165, 1.54) is 0 Å². The number of nitrogens with zero attached hydrogens (tertiary/aromatic N) is 1. The highest BCUT2D eigenvalue weighted by molar-refractivity contribution is 7.91. The van der Waals surface area contributed by atoms with Gasteiger partial charge in [-0.15, -0.1) is 11.6 Å². The van der Waals surface area contributed by atoms with Crippen molar-refractivity contribution in [2.45, 2.75) is 24.4 Å². The number of hydrogen-bond donors (Lipinski definition) is 2. The minimum absolute atomic E-state index is 0.0516. The molecule has 2 aliphatic rings. The van der Waals surface area contributed by atoms with Gasteiger partial charge in [-0.05, 0) is 6.54 Å². The summed E-state index contributed by atoms with van der Waals surface area (Å²) in [5.74, 6) is -0.255. The lowest BCUT2D eigenvalue weighted by Gasteiger charge is -2.37. The van der Waals surface area contributed by atoms with Gasteiger partial charge in [0.25, 0.3) is 0 Å². The normalized spacial score (nSPS) is 30.3. The van der Waals surface area contributed by atoms with Gasteiger partial charge in [-0.2, -0.15) is 0 Å². The fraction of sp³-hybridized carbons (Fsp3) is 0.909. The summed E-state index contributed by atoms with van der Waals surface area (Å²) >= 11 is 5.96. The standard InChI is InChI=1S/C11H20ClN3O3S/c1-2-15(8-3-13-4-8)5-11(16)14-10-7-19(17,18)6-9(10)12/h8-10,13H,2-7H2,1H3,(H,14,16). The van der Waals surface area contributed by atoms with Crippen molar-refractivity contribution in [2.24, 2.45) is 0 Å². The van der Waals surface area contributed by atoms with Gasteiger partial charge < -0.3 is 10.6 Å². The summed E-state index contributed by atoms with van der Waals surface area (Å²) in [6, 6.07) is -0.0627. The molecular formula is C11H20ClN3O3S. The Bertz CT molecular complexity index is 438.